The quantitative estimate of drug-likeness (QED) is 0.186. The Bertz CT molecular complexity index is 2220. The smallest absolute Gasteiger partial charge is 0.166 e. The molecule has 6 aromatic rings. The van der Waals surface area contributed by atoms with Crippen LogP contribution in [-0.2, 0) is 0 Å². The average molecular weight is 657 g/mol. The SMILES string of the molecule is Cc1cc(N2C(=C3N(c4cc(C)nc(C)c4)c4ccccc4N3c3cc(C)nc(C)c3)N(c3cc(C)nc(C)c3)c3ccccc32)c(C)cn1. The number of aryl methyl sites for hydroxylation is 8. The van der Waals surface area contributed by atoms with Crippen LogP contribution in [0.2, 0.25) is 0 Å². The van der Waals surface area contributed by atoms with E-state index in [-0.39, 0.29) is 0 Å². The molecule has 0 aliphatic carbocycles. The summed E-state index contributed by atoms with van der Waals surface area (Å²) in [5, 5.41) is 0. The fourth-order valence-corrected chi connectivity index (χ4v) is 7.45. The first kappa shape index (κ1) is 31.3. The Morgan fingerprint density at radius 3 is 1.04 bits per heavy atom. The molecule has 0 spiro atoms. The Morgan fingerprint density at radius 2 is 0.680 bits per heavy atom. The number of hydrogen-bond donors (Lipinski definition) is 0. The highest BCUT2D eigenvalue weighted by molar-refractivity contribution is 6.00. The molecule has 2 aliphatic rings. The molecule has 0 radical (unpaired) electrons. The Hall–Kier alpha value is -6.02. The highest BCUT2D eigenvalue weighted by Gasteiger charge is 2.44. The van der Waals surface area contributed by atoms with Gasteiger partial charge in [0.15, 0.2) is 11.6 Å². The van der Waals surface area contributed by atoms with E-state index < -0.39 is 0 Å². The van der Waals surface area contributed by atoms with E-state index in [1.807, 2.05) is 6.20 Å². The Balaban J connectivity index is 1.58. The molecule has 0 bridgehead atoms. The number of nitrogens with zero attached hydrogens (tertiary/aromatic N) is 8. The third-order valence-electron chi connectivity index (χ3n) is 9.20. The summed E-state index contributed by atoms with van der Waals surface area (Å²) in [4.78, 5) is 28.6. The van der Waals surface area contributed by atoms with Crippen molar-refractivity contribution in [1.29, 1.82) is 0 Å². The molecule has 0 saturated carbocycles. The minimum atomic E-state index is 0.950. The second-order valence-corrected chi connectivity index (χ2v) is 13.4. The molecule has 0 unspecified atom stereocenters. The molecule has 8 rings (SSSR count). The zero-order valence-corrected chi connectivity index (χ0v) is 29.8. The molecule has 2 aromatic carbocycles. The lowest BCUT2D eigenvalue weighted by Gasteiger charge is -2.35. The first-order valence-corrected chi connectivity index (χ1v) is 17.0. The third-order valence-corrected chi connectivity index (χ3v) is 9.20. The molecule has 0 fully saturated rings. The molecule has 0 atom stereocenters. The molecule has 0 amide bonds. The summed E-state index contributed by atoms with van der Waals surface area (Å²) >= 11 is 0. The van der Waals surface area contributed by atoms with Gasteiger partial charge in [-0.3, -0.25) is 39.5 Å². The molecule has 8 nitrogen and oxygen atoms in total. The number of benzene rings is 2. The van der Waals surface area contributed by atoms with Gasteiger partial charge in [-0.1, -0.05) is 24.3 Å². The fourth-order valence-electron chi connectivity index (χ4n) is 7.45. The fraction of sp³-hybridized carbons (Fsp3) is 0.190. The van der Waals surface area contributed by atoms with E-state index >= 15 is 0 Å². The number of fused-ring (bicyclic) bond motifs is 2. The summed E-state index contributed by atoms with van der Waals surface area (Å²) < 4.78 is 0. The van der Waals surface area contributed by atoms with Crippen molar-refractivity contribution >= 4 is 45.5 Å². The highest BCUT2D eigenvalue weighted by atomic mass is 15.5. The standard InChI is InChI=1S/C42H40N8/c1-25-24-43-26(2)23-40(25)50-39-16-12-11-15-38(39)49(35-21-31(7)46-32(8)22-35)42(50)41-47(33-17-27(3)44-28(4)18-33)36-13-9-10-14-37(36)48(41)34-19-29(5)45-30(6)20-34/h9-24H,1-8H3. The van der Waals surface area contributed by atoms with Crippen LogP contribution in [0, 0.1) is 55.4 Å². The van der Waals surface area contributed by atoms with Crippen molar-refractivity contribution in [3.05, 3.63) is 154 Å². The molecule has 50 heavy (non-hydrogen) atoms. The van der Waals surface area contributed by atoms with Gasteiger partial charge in [0.25, 0.3) is 0 Å². The van der Waals surface area contributed by atoms with Gasteiger partial charge in [0.1, 0.15) is 0 Å². The van der Waals surface area contributed by atoms with Crippen molar-refractivity contribution in [1.82, 2.24) is 19.9 Å². The van der Waals surface area contributed by atoms with Gasteiger partial charge >= 0.3 is 0 Å². The summed E-state index contributed by atoms with van der Waals surface area (Å²) in [5.41, 5.74) is 16.3. The van der Waals surface area contributed by atoms with Crippen LogP contribution in [0.15, 0.2) is 109 Å². The number of aromatic nitrogens is 4. The molecule has 4 aromatic heterocycles. The van der Waals surface area contributed by atoms with Crippen molar-refractivity contribution in [2.75, 3.05) is 19.6 Å². The van der Waals surface area contributed by atoms with Crippen molar-refractivity contribution in [2.24, 2.45) is 0 Å². The number of para-hydroxylation sites is 4. The van der Waals surface area contributed by atoms with Crippen molar-refractivity contribution in [3.8, 4) is 0 Å². The van der Waals surface area contributed by atoms with E-state index in [2.05, 4.69) is 171 Å². The van der Waals surface area contributed by atoms with E-state index in [1.54, 1.807) is 0 Å². The zero-order valence-electron chi connectivity index (χ0n) is 29.8. The maximum absolute atomic E-state index is 4.78. The zero-order chi connectivity index (χ0) is 34.8. The first-order chi connectivity index (χ1) is 24.1. The molecular formula is C42H40N8. The first-order valence-electron chi connectivity index (χ1n) is 17.0. The number of pyridine rings is 4. The summed E-state index contributed by atoms with van der Waals surface area (Å²) in [6.45, 7) is 16.6. The maximum Gasteiger partial charge on any atom is 0.166 e. The number of hydrogen-bond acceptors (Lipinski definition) is 8. The average Bonchev–Trinajstić information content (AvgIpc) is 3.58. The van der Waals surface area contributed by atoms with Gasteiger partial charge in [0.05, 0.1) is 45.5 Å². The predicted octanol–water partition coefficient (Wildman–Crippen LogP) is 10.1. The van der Waals surface area contributed by atoms with Crippen LogP contribution in [0.25, 0.3) is 0 Å². The van der Waals surface area contributed by atoms with E-state index in [4.69, 9.17) is 15.0 Å². The van der Waals surface area contributed by atoms with E-state index in [1.165, 1.54) is 0 Å². The van der Waals surface area contributed by atoms with Crippen LogP contribution in [0.1, 0.15) is 45.4 Å². The number of rotatable bonds is 4. The third kappa shape index (κ3) is 5.15. The molecular weight excluding hydrogens is 617 g/mol. The lowest BCUT2D eigenvalue weighted by molar-refractivity contribution is 0.985. The number of anilines is 8. The highest BCUT2D eigenvalue weighted by Crippen LogP contribution is 2.57. The molecule has 8 heteroatoms. The van der Waals surface area contributed by atoms with Gasteiger partial charge in [0.2, 0.25) is 0 Å². The van der Waals surface area contributed by atoms with Crippen LogP contribution >= 0.6 is 0 Å². The van der Waals surface area contributed by atoms with Gasteiger partial charge in [-0.2, -0.15) is 0 Å². The van der Waals surface area contributed by atoms with Gasteiger partial charge in [-0.05, 0) is 128 Å². The molecule has 6 heterocycles. The lowest BCUT2D eigenvalue weighted by atomic mass is 10.2. The predicted molar refractivity (Wildman–Crippen MR) is 203 cm³/mol. The Labute approximate surface area is 294 Å². The van der Waals surface area contributed by atoms with E-state index in [0.29, 0.717) is 0 Å². The van der Waals surface area contributed by atoms with Crippen molar-refractivity contribution < 1.29 is 0 Å². The van der Waals surface area contributed by atoms with Gasteiger partial charge in [-0.15, -0.1) is 0 Å². The lowest BCUT2D eigenvalue weighted by Crippen LogP contribution is -2.34. The van der Waals surface area contributed by atoms with Crippen molar-refractivity contribution in [3.63, 3.8) is 0 Å². The Morgan fingerprint density at radius 1 is 0.360 bits per heavy atom. The van der Waals surface area contributed by atoms with Gasteiger partial charge < -0.3 is 0 Å². The molecule has 2 aliphatic heterocycles. The summed E-state index contributed by atoms with van der Waals surface area (Å²) in [6.07, 6.45) is 1.98. The minimum absolute atomic E-state index is 0.950. The second kappa shape index (κ2) is 11.8. The Kier molecular flexibility index (Phi) is 7.40. The van der Waals surface area contributed by atoms with Crippen LogP contribution < -0.4 is 19.6 Å². The van der Waals surface area contributed by atoms with Gasteiger partial charge in [-0.25, -0.2) is 0 Å². The monoisotopic (exact) mass is 656 g/mol. The topological polar surface area (TPSA) is 64.5 Å². The van der Waals surface area contributed by atoms with Crippen molar-refractivity contribution in [2.45, 2.75) is 55.4 Å². The van der Waals surface area contributed by atoms with Crippen LogP contribution in [0.5, 0.6) is 0 Å². The van der Waals surface area contributed by atoms with E-state index in [9.17, 15) is 0 Å². The largest absolute Gasteiger partial charge is 0.291 e. The minimum Gasteiger partial charge on any atom is -0.291 e. The van der Waals surface area contributed by atoms with Crippen LogP contribution in [0.3, 0.4) is 0 Å². The molecule has 0 saturated heterocycles. The summed E-state index contributed by atoms with van der Waals surface area (Å²) in [5.74, 6) is 1.97. The van der Waals surface area contributed by atoms with Crippen LogP contribution in [0.4, 0.5) is 45.5 Å². The summed E-state index contributed by atoms with van der Waals surface area (Å²) in [7, 11) is 0. The summed E-state index contributed by atoms with van der Waals surface area (Å²) in [6, 6.07) is 32.6. The molecule has 0 N–H and O–H groups in total. The second-order valence-electron chi connectivity index (χ2n) is 13.4. The molecule has 248 valence electrons. The van der Waals surface area contributed by atoms with E-state index in [0.717, 1.165) is 103 Å². The van der Waals surface area contributed by atoms with Crippen LogP contribution in [-0.4, -0.2) is 19.9 Å². The maximum atomic E-state index is 4.78. The van der Waals surface area contributed by atoms with Gasteiger partial charge in [0, 0.05) is 46.1 Å². The normalized spacial score (nSPS) is 13.8.